The Morgan fingerprint density at radius 2 is 1.89 bits per heavy atom. The number of aryl methyl sites for hydroxylation is 1. The van der Waals surface area contributed by atoms with Crippen LogP contribution in [0.3, 0.4) is 0 Å². The minimum Gasteiger partial charge on any atom is -0.495 e. The zero-order valence-electron chi connectivity index (χ0n) is 14.4. The van der Waals surface area contributed by atoms with Crippen molar-refractivity contribution in [3.05, 3.63) is 18.0 Å². The maximum atomic E-state index is 7.19. The van der Waals surface area contributed by atoms with Crippen LogP contribution in [0, 0.1) is 6.92 Å². The van der Waals surface area contributed by atoms with Gasteiger partial charge in [0.25, 0.3) is 0 Å². The minimum atomic E-state index is -2.51. The molecule has 0 amide bonds. The van der Waals surface area contributed by atoms with Gasteiger partial charge in [0.2, 0.25) is 0 Å². The molecule has 1 aromatic heterocycles. The topological polar surface area (TPSA) is 40.6 Å². The third-order valence-corrected chi connectivity index (χ3v) is 3.70. The summed E-state index contributed by atoms with van der Waals surface area (Å²) in [7, 11) is -3.11. The van der Waals surface area contributed by atoms with Crippen LogP contribution in [-0.4, -0.2) is 30.3 Å². The lowest BCUT2D eigenvalue weighted by atomic mass is 9.80. The van der Waals surface area contributed by atoms with Crippen LogP contribution in [0.2, 0.25) is 0 Å². The lowest BCUT2D eigenvalue weighted by Gasteiger charge is -2.32. The molecule has 1 saturated heterocycles. The number of aromatic nitrogens is 1. The van der Waals surface area contributed by atoms with Gasteiger partial charge in [-0.15, -0.1) is 0 Å². The number of rotatable bonds is 2. The van der Waals surface area contributed by atoms with E-state index >= 15 is 0 Å². The summed E-state index contributed by atoms with van der Waals surface area (Å²) in [6.45, 7) is 9.50. The summed E-state index contributed by atoms with van der Waals surface area (Å²) in [6.07, 6.45) is 1.61. The van der Waals surface area contributed by atoms with Crippen LogP contribution in [0.4, 0.5) is 0 Å². The highest BCUT2D eigenvalue weighted by molar-refractivity contribution is 6.62. The first-order valence-corrected chi connectivity index (χ1v) is 5.92. The van der Waals surface area contributed by atoms with Crippen molar-refractivity contribution < 1.29 is 18.2 Å². The fraction of sp³-hybridized carbons (Fsp3) is 0.615. The fourth-order valence-corrected chi connectivity index (χ4v) is 1.74. The molecule has 4 nitrogen and oxygen atoms in total. The molecule has 5 heteroatoms. The molecule has 2 rings (SSSR count). The molecule has 0 N–H and O–H groups in total. The molecule has 98 valence electrons. The first-order chi connectivity index (χ1) is 9.41. The van der Waals surface area contributed by atoms with Gasteiger partial charge in [0.15, 0.2) is 0 Å². The Hall–Kier alpha value is -1.07. The maximum Gasteiger partial charge on any atom is 0.496 e. The quantitative estimate of drug-likeness (QED) is 0.751. The van der Waals surface area contributed by atoms with Gasteiger partial charge in [0, 0.05) is 11.7 Å². The summed E-state index contributed by atoms with van der Waals surface area (Å²) < 4.78 is 38.4. The van der Waals surface area contributed by atoms with Crippen LogP contribution >= 0.6 is 0 Å². The molecule has 1 fully saturated rings. The molecule has 0 bridgehead atoms. The Morgan fingerprint density at radius 1 is 1.28 bits per heavy atom. The zero-order chi connectivity index (χ0) is 16.1. The Balaban J connectivity index is 2.29. The first-order valence-electron chi connectivity index (χ1n) is 7.42. The molecule has 1 aromatic rings. The van der Waals surface area contributed by atoms with Crippen LogP contribution in [0.5, 0.6) is 5.75 Å². The summed E-state index contributed by atoms with van der Waals surface area (Å²) in [5.41, 5.74) is 0.214. The van der Waals surface area contributed by atoms with E-state index in [4.69, 9.17) is 18.2 Å². The van der Waals surface area contributed by atoms with E-state index in [-0.39, 0.29) is 5.75 Å². The summed E-state index contributed by atoms with van der Waals surface area (Å²) in [5.74, 6) is 0.210. The van der Waals surface area contributed by atoms with Crippen LogP contribution in [0.15, 0.2) is 12.3 Å². The van der Waals surface area contributed by atoms with E-state index in [1.54, 1.807) is 19.2 Å². The van der Waals surface area contributed by atoms with Crippen molar-refractivity contribution in [2.24, 2.45) is 0 Å². The van der Waals surface area contributed by atoms with Gasteiger partial charge in [0.05, 0.1) is 28.0 Å². The normalized spacial score (nSPS) is 24.3. The Labute approximate surface area is 113 Å². The van der Waals surface area contributed by atoms with E-state index < -0.39 is 25.4 Å². The Bertz CT molecular complexity index is 530. The monoisotopic (exact) mass is 252 g/mol. The van der Waals surface area contributed by atoms with Crippen molar-refractivity contribution in [3.63, 3.8) is 0 Å². The molecule has 2 heterocycles. The Kier molecular flexibility index (Phi) is 2.31. The van der Waals surface area contributed by atoms with Crippen LogP contribution in [0.1, 0.15) is 37.5 Å². The SMILES string of the molecule is [2H]C([2H])([2H])Oc1cc(B2OC(C)(C)C(C)(C)O2)cnc1C. The van der Waals surface area contributed by atoms with Gasteiger partial charge in [-0.1, -0.05) is 0 Å². The van der Waals surface area contributed by atoms with E-state index in [1.807, 2.05) is 27.7 Å². The summed E-state index contributed by atoms with van der Waals surface area (Å²) in [4.78, 5) is 4.17. The van der Waals surface area contributed by atoms with Gasteiger partial charge in [-0.25, -0.2) is 0 Å². The van der Waals surface area contributed by atoms with Gasteiger partial charge >= 0.3 is 7.12 Å². The van der Waals surface area contributed by atoms with E-state index in [2.05, 4.69) is 4.98 Å². The van der Waals surface area contributed by atoms with Gasteiger partial charge in [-0.05, 0) is 40.7 Å². The number of hydrogen-bond acceptors (Lipinski definition) is 4. The molecule has 1 aliphatic rings. The smallest absolute Gasteiger partial charge is 0.495 e. The minimum absolute atomic E-state index is 0.210. The van der Waals surface area contributed by atoms with Crippen LogP contribution in [0.25, 0.3) is 0 Å². The van der Waals surface area contributed by atoms with Gasteiger partial charge in [-0.3, -0.25) is 4.98 Å². The van der Waals surface area contributed by atoms with Gasteiger partial charge in [-0.2, -0.15) is 0 Å². The number of methoxy groups -OCH3 is 1. The molecule has 18 heavy (non-hydrogen) atoms. The van der Waals surface area contributed by atoms with Crippen LogP contribution < -0.4 is 10.2 Å². The molecule has 0 radical (unpaired) electrons. The molecule has 0 atom stereocenters. The number of pyridine rings is 1. The summed E-state index contributed by atoms with van der Waals surface area (Å²) >= 11 is 0. The molecule has 0 saturated carbocycles. The molecule has 1 aliphatic heterocycles. The standard InChI is InChI=1S/C13H20BNO3/c1-9-11(16-6)7-10(8-15-9)14-17-12(2,3)13(4,5)18-14/h7-8H,1-6H3/i6D3. The van der Waals surface area contributed by atoms with E-state index in [0.29, 0.717) is 11.2 Å². The van der Waals surface area contributed by atoms with Gasteiger partial charge in [0.1, 0.15) is 5.75 Å². The van der Waals surface area contributed by atoms with E-state index in [0.717, 1.165) is 0 Å². The number of nitrogens with zero attached hydrogens (tertiary/aromatic N) is 1. The molecular weight excluding hydrogens is 229 g/mol. The Morgan fingerprint density at radius 3 is 2.44 bits per heavy atom. The second-order valence-corrected chi connectivity index (χ2v) is 5.54. The summed E-state index contributed by atoms with van der Waals surface area (Å²) in [5, 5.41) is 0. The van der Waals surface area contributed by atoms with E-state index in [1.165, 1.54) is 0 Å². The highest BCUT2D eigenvalue weighted by Gasteiger charge is 2.51. The first kappa shape index (κ1) is 9.81. The number of hydrogen-bond donors (Lipinski definition) is 0. The molecular formula is C13H20BNO3. The third kappa shape index (κ3) is 2.13. The predicted octanol–water partition coefficient (Wildman–Crippen LogP) is 1.70. The molecule has 0 aliphatic carbocycles. The molecule has 0 spiro atoms. The van der Waals surface area contributed by atoms with Crippen molar-refractivity contribution >= 4 is 12.6 Å². The van der Waals surface area contributed by atoms with E-state index in [9.17, 15) is 0 Å². The second-order valence-electron chi connectivity index (χ2n) is 5.54. The average Bonchev–Trinajstić information content (AvgIpc) is 2.49. The number of ether oxygens (including phenoxy) is 1. The third-order valence-electron chi connectivity index (χ3n) is 3.70. The lowest BCUT2D eigenvalue weighted by Crippen LogP contribution is -2.41. The fourth-order valence-electron chi connectivity index (χ4n) is 1.74. The van der Waals surface area contributed by atoms with Crippen molar-refractivity contribution in [1.82, 2.24) is 4.98 Å². The average molecular weight is 252 g/mol. The van der Waals surface area contributed by atoms with Crippen LogP contribution in [-0.2, 0) is 9.31 Å². The zero-order valence-corrected chi connectivity index (χ0v) is 11.4. The highest BCUT2D eigenvalue weighted by atomic mass is 16.7. The van der Waals surface area contributed by atoms with Gasteiger partial charge < -0.3 is 14.0 Å². The van der Waals surface area contributed by atoms with Crippen molar-refractivity contribution in [3.8, 4) is 5.75 Å². The maximum absolute atomic E-state index is 7.19. The summed E-state index contributed by atoms with van der Waals surface area (Å²) in [6, 6.07) is 1.61. The molecule has 0 aromatic carbocycles. The van der Waals surface area contributed by atoms with Crippen molar-refractivity contribution in [2.75, 3.05) is 7.04 Å². The highest BCUT2D eigenvalue weighted by Crippen LogP contribution is 2.36. The molecule has 0 unspecified atom stereocenters. The largest absolute Gasteiger partial charge is 0.496 e. The predicted molar refractivity (Wildman–Crippen MR) is 71.2 cm³/mol. The lowest BCUT2D eigenvalue weighted by molar-refractivity contribution is 0.00578. The second kappa shape index (κ2) is 4.25. The van der Waals surface area contributed by atoms with Crippen molar-refractivity contribution in [2.45, 2.75) is 45.8 Å². The van der Waals surface area contributed by atoms with Crippen molar-refractivity contribution in [1.29, 1.82) is 0 Å².